The molecule has 0 amide bonds. The van der Waals surface area contributed by atoms with Crippen LogP contribution in [0.25, 0.3) is 5.69 Å². The largest absolute Gasteiger partial charge is 0.494 e. The van der Waals surface area contributed by atoms with Crippen LogP contribution in [0.3, 0.4) is 0 Å². The van der Waals surface area contributed by atoms with Gasteiger partial charge in [0.15, 0.2) is 0 Å². The molecule has 0 unspecified atom stereocenters. The zero-order chi connectivity index (χ0) is 13.0. The third-order valence-corrected chi connectivity index (χ3v) is 2.47. The molecule has 94 valence electrons. The SMILES string of the molecule is COc1ccccc1-n1cc(CCC(=O)O)nn1. The van der Waals surface area contributed by atoms with Crippen molar-refractivity contribution in [2.75, 3.05) is 7.11 Å². The minimum absolute atomic E-state index is 0.0462. The first-order valence-electron chi connectivity index (χ1n) is 5.47. The van der Waals surface area contributed by atoms with E-state index < -0.39 is 5.97 Å². The third kappa shape index (κ3) is 2.65. The number of carboxylic acid groups (broad SMARTS) is 1. The first-order valence-corrected chi connectivity index (χ1v) is 5.47. The van der Waals surface area contributed by atoms with Gasteiger partial charge in [-0.3, -0.25) is 4.79 Å². The molecule has 0 aliphatic rings. The summed E-state index contributed by atoms with van der Waals surface area (Å²) in [6, 6.07) is 7.42. The Morgan fingerprint density at radius 2 is 2.22 bits per heavy atom. The number of hydrogen-bond donors (Lipinski definition) is 1. The van der Waals surface area contributed by atoms with Gasteiger partial charge < -0.3 is 9.84 Å². The van der Waals surface area contributed by atoms with Gasteiger partial charge in [-0.15, -0.1) is 5.10 Å². The van der Waals surface area contributed by atoms with Crippen LogP contribution < -0.4 is 4.74 Å². The summed E-state index contributed by atoms with van der Waals surface area (Å²) in [5.41, 5.74) is 1.41. The van der Waals surface area contributed by atoms with E-state index in [2.05, 4.69) is 10.3 Å². The van der Waals surface area contributed by atoms with Crippen LogP contribution in [0.2, 0.25) is 0 Å². The minimum Gasteiger partial charge on any atom is -0.494 e. The normalized spacial score (nSPS) is 10.3. The summed E-state index contributed by atoms with van der Waals surface area (Å²) in [5, 5.41) is 16.5. The lowest BCUT2D eigenvalue weighted by Gasteiger charge is -2.06. The van der Waals surface area contributed by atoms with Crippen LogP contribution in [0.5, 0.6) is 5.75 Å². The summed E-state index contributed by atoms with van der Waals surface area (Å²) >= 11 is 0. The van der Waals surface area contributed by atoms with E-state index in [4.69, 9.17) is 9.84 Å². The molecule has 18 heavy (non-hydrogen) atoms. The lowest BCUT2D eigenvalue weighted by Crippen LogP contribution is -1.98. The number of aryl methyl sites for hydroxylation is 1. The van der Waals surface area contributed by atoms with E-state index in [0.717, 1.165) is 5.69 Å². The molecule has 0 fully saturated rings. The monoisotopic (exact) mass is 247 g/mol. The number of aliphatic carboxylic acids is 1. The van der Waals surface area contributed by atoms with Gasteiger partial charge in [-0.2, -0.15) is 0 Å². The number of carboxylic acids is 1. The summed E-state index contributed by atoms with van der Waals surface area (Å²) < 4.78 is 6.80. The average molecular weight is 247 g/mol. The highest BCUT2D eigenvalue weighted by atomic mass is 16.5. The molecule has 1 heterocycles. The van der Waals surface area contributed by atoms with Crippen LogP contribution in [0.4, 0.5) is 0 Å². The van der Waals surface area contributed by atoms with Crippen LogP contribution in [0.1, 0.15) is 12.1 Å². The molecule has 2 rings (SSSR count). The molecule has 0 saturated carbocycles. The van der Waals surface area contributed by atoms with Gasteiger partial charge in [0, 0.05) is 6.42 Å². The van der Waals surface area contributed by atoms with Crippen LogP contribution in [0.15, 0.2) is 30.5 Å². The molecule has 0 bridgehead atoms. The molecule has 0 spiro atoms. The quantitative estimate of drug-likeness (QED) is 0.861. The van der Waals surface area contributed by atoms with Crippen molar-refractivity contribution in [2.24, 2.45) is 0 Å². The maximum absolute atomic E-state index is 10.5. The number of benzene rings is 1. The summed E-state index contributed by atoms with van der Waals surface area (Å²) in [5.74, 6) is -0.158. The number of aromatic nitrogens is 3. The fraction of sp³-hybridized carbons (Fsp3) is 0.250. The van der Waals surface area contributed by atoms with Crippen molar-refractivity contribution >= 4 is 5.97 Å². The molecule has 2 aromatic rings. The lowest BCUT2D eigenvalue weighted by atomic mass is 10.2. The van der Waals surface area contributed by atoms with Crippen molar-refractivity contribution in [1.29, 1.82) is 0 Å². The molecular formula is C12H13N3O3. The standard InChI is InChI=1S/C12H13N3O3/c1-18-11-5-3-2-4-10(11)15-8-9(13-14-15)6-7-12(16)17/h2-5,8H,6-7H2,1H3,(H,16,17). The molecule has 0 aliphatic heterocycles. The molecule has 1 aromatic carbocycles. The molecule has 1 N–H and O–H groups in total. The van der Waals surface area contributed by atoms with Gasteiger partial charge in [0.1, 0.15) is 11.4 Å². The summed E-state index contributed by atoms with van der Waals surface area (Å²) in [4.78, 5) is 10.5. The predicted octanol–water partition coefficient (Wildman–Crippen LogP) is 1.29. The Kier molecular flexibility index (Phi) is 3.57. The van der Waals surface area contributed by atoms with Gasteiger partial charge in [-0.05, 0) is 12.1 Å². The van der Waals surface area contributed by atoms with E-state index in [-0.39, 0.29) is 6.42 Å². The highest BCUT2D eigenvalue weighted by Crippen LogP contribution is 2.21. The Hall–Kier alpha value is -2.37. The van der Waals surface area contributed by atoms with Gasteiger partial charge in [-0.1, -0.05) is 17.3 Å². The average Bonchev–Trinajstić information content (AvgIpc) is 2.85. The van der Waals surface area contributed by atoms with Crippen molar-refractivity contribution in [2.45, 2.75) is 12.8 Å². The summed E-state index contributed by atoms with van der Waals surface area (Å²) in [6.45, 7) is 0. The van der Waals surface area contributed by atoms with E-state index in [1.807, 2.05) is 24.3 Å². The van der Waals surface area contributed by atoms with Crippen molar-refractivity contribution in [3.05, 3.63) is 36.2 Å². The molecule has 6 nitrogen and oxygen atoms in total. The van der Waals surface area contributed by atoms with E-state index in [1.165, 1.54) is 0 Å². The molecular weight excluding hydrogens is 234 g/mol. The second-order valence-corrected chi connectivity index (χ2v) is 3.72. The summed E-state index contributed by atoms with van der Waals surface area (Å²) in [6.07, 6.45) is 2.12. The smallest absolute Gasteiger partial charge is 0.303 e. The first kappa shape index (κ1) is 12.1. The molecule has 0 aliphatic carbocycles. The van der Waals surface area contributed by atoms with Crippen molar-refractivity contribution < 1.29 is 14.6 Å². The zero-order valence-corrected chi connectivity index (χ0v) is 9.91. The van der Waals surface area contributed by atoms with Crippen LogP contribution >= 0.6 is 0 Å². The van der Waals surface area contributed by atoms with Gasteiger partial charge in [0.25, 0.3) is 0 Å². The second kappa shape index (κ2) is 5.31. The predicted molar refractivity (Wildman–Crippen MR) is 63.9 cm³/mol. The Morgan fingerprint density at radius 1 is 1.44 bits per heavy atom. The van der Waals surface area contributed by atoms with E-state index in [1.54, 1.807) is 18.0 Å². The Bertz CT molecular complexity index is 551. The van der Waals surface area contributed by atoms with Gasteiger partial charge >= 0.3 is 5.97 Å². The number of ether oxygens (including phenoxy) is 1. The number of hydrogen-bond acceptors (Lipinski definition) is 4. The first-order chi connectivity index (χ1) is 8.70. The second-order valence-electron chi connectivity index (χ2n) is 3.72. The van der Waals surface area contributed by atoms with Crippen molar-refractivity contribution in [1.82, 2.24) is 15.0 Å². The molecule has 0 radical (unpaired) electrons. The van der Waals surface area contributed by atoms with E-state index in [9.17, 15) is 4.79 Å². The highest BCUT2D eigenvalue weighted by molar-refractivity contribution is 5.66. The Balaban J connectivity index is 2.21. The molecule has 0 atom stereocenters. The summed E-state index contributed by atoms with van der Waals surface area (Å²) in [7, 11) is 1.58. The van der Waals surface area contributed by atoms with Gasteiger partial charge in [-0.25, -0.2) is 4.68 Å². The fourth-order valence-electron chi connectivity index (χ4n) is 1.58. The zero-order valence-electron chi connectivity index (χ0n) is 9.91. The minimum atomic E-state index is -0.846. The third-order valence-electron chi connectivity index (χ3n) is 2.47. The van der Waals surface area contributed by atoms with Gasteiger partial charge in [0.2, 0.25) is 0 Å². The highest BCUT2D eigenvalue weighted by Gasteiger charge is 2.08. The maximum Gasteiger partial charge on any atom is 0.303 e. The molecule has 1 aromatic heterocycles. The Labute approximate surface area is 104 Å². The molecule has 0 saturated heterocycles. The number of methoxy groups -OCH3 is 1. The number of nitrogens with zero attached hydrogens (tertiary/aromatic N) is 3. The van der Waals surface area contributed by atoms with Crippen LogP contribution in [0, 0.1) is 0 Å². The van der Waals surface area contributed by atoms with Crippen LogP contribution in [-0.2, 0) is 11.2 Å². The van der Waals surface area contributed by atoms with Crippen LogP contribution in [-0.4, -0.2) is 33.2 Å². The topological polar surface area (TPSA) is 77.2 Å². The number of carbonyl (C=O) groups is 1. The van der Waals surface area contributed by atoms with Crippen molar-refractivity contribution in [3.63, 3.8) is 0 Å². The van der Waals surface area contributed by atoms with Crippen molar-refractivity contribution in [3.8, 4) is 11.4 Å². The lowest BCUT2D eigenvalue weighted by molar-refractivity contribution is -0.136. The fourth-order valence-corrected chi connectivity index (χ4v) is 1.58. The van der Waals surface area contributed by atoms with Gasteiger partial charge in [0.05, 0.1) is 25.4 Å². The number of para-hydroxylation sites is 2. The maximum atomic E-state index is 10.5. The Morgan fingerprint density at radius 3 is 2.94 bits per heavy atom. The number of rotatable bonds is 5. The molecule has 6 heteroatoms. The van der Waals surface area contributed by atoms with E-state index >= 15 is 0 Å². The van der Waals surface area contributed by atoms with E-state index in [0.29, 0.717) is 17.9 Å².